The maximum absolute atomic E-state index is 14.5. The quantitative estimate of drug-likeness (QED) is 0.145. The van der Waals surface area contributed by atoms with Gasteiger partial charge in [0.15, 0.2) is 0 Å². The smallest absolute Gasteiger partial charge is 0.408 e. The van der Waals surface area contributed by atoms with E-state index in [-0.39, 0.29) is 24.4 Å². The molecule has 6 unspecified atom stereocenters. The zero-order valence-corrected chi connectivity index (χ0v) is 30.4. The van der Waals surface area contributed by atoms with Gasteiger partial charge in [-0.05, 0) is 88.8 Å². The third-order valence-electron chi connectivity index (χ3n) is 9.26. The van der Waals surface area contributed by atoms with Crippen molar-refractivity contribution in [3.63, 3.8) is 0 Å². The second-order valence-electron chi connectivity index (χ2n) is 15.3. The fourth-order valence-corrected chi connectivity index (χ4v) is 6.67. The number of amides is 2. The fourth-order valence-electron chi connectivity index (χ4n) is 6.67. The van der Waals surface area contributed by atoms with E-state index in [0.29, 0.717) is 22.5 Å². The number of methoxy groups -OCH3 is 1. The molecule has 11 nitrogen and oxygen atoms in total. The lowest BCUT2D eigenvalue weighted by atomic mass is 9.85. The molecule has 11 heteroatoms. The van der Waals surface area contributed by atoms with Gasteiger partial charge in [0.2, 0.25) is 11.8 Å². The highest BCUT2D eigenvalue weighted by molar-refractivity contribution is 5.91. The molecule has 1 aromatic heterocycles. The number of carbonyl (C=O) groups excluding carboxylic acids is 3. The molecule has 49 heavy (non-hydrogen) atoms. The number of nitrogens with zero attached hydrogens (tertiary/aromatic N) is 3. The molecule has 2 aliphatic rings. The molecule has 1 aromatic carbocycles. The van der Waals surface area contributed by atoms with Gasteiger partial charge in [-0.2, -0.15) is 0 Å². The summed E-state index contributed by atoms with van der Waals surface area (Å²) < 4.78 is 23.6. The third-order valence-corrected chi connectivity index (χ3v) is 9.26. The van der Waals surface area contributed by atoms with Crippen LogP contribution in [0.25, 0.3) is 17.1 Å². The largest absolute Gasteiger partial charge is 0.497 e. The van der Waals surface area contributed by atoms with Gasteiger partial charge in [0.05, 0.1) is 24.7 Å². The van der Waals surface area contributed by atoms with Gasteiger partial charge in [-0.3, -0.25) is 4.79 Å². The number of likely N-dealkylation sites (tertiary alicyclic amines) is 1. The van der Waals surface area contributed by atoms with E-state index in [9.17, 15) is 14.4 Å². The first-order valence-corrected chi connectivity index (χ1v) is 17.3. The minimum Gasteiger partial charge on any atom is -0.497 e. The van der Waals surface area contributed by atoms with Crippen LogP contribution >= 0.6 is 0 Å². The van der Waals surface area contributed by atoms with Crippen molar-refractivity contribution in [1.82, 2.24) is 20.2 Å². The Balaban J connectivity index is 1.61. The topological polar surface area (TPSA) is 129 Å². The van der Waals surface area contributed by atoms with E-state index >= 15 is 0 Å². The van der Waals surface area contributed by atoms with Crippen molar-refractivity contribution < 1.29 is 33.3 Å². The van der Waals surface area contributed by atoms with Crippen LogP contribution < -0.4 is 14.8 Å². The van der Waals surface area contributed by atoms with E-state index in [0.717, 1.165) is 38.5 Å². The average molecular weight is 679 g/mol. The summed E-state index contributed by atoms with van der Waals surface area (Å²) in [6.45, 7) is 20.5. The number of carbonyl (C=O) groups is 3. The Morgan fingerprint density at radius 1 is 1.06 bits per heavy atom. The zero-order valence-electron chi connectivity index (χ0n) is 30.4. The van der Waals surface area contributed by atoms with E-state index in [1.165, 1.54) is 4.90 Å². The van der Waals surface area contributed by atoms with Crippen LogP contribution in [0.2, 0.25) is 0 Å². The summed E-state index contributed by atoms with van der Waals surface area (Å²) in [5.41, 5.74) is 0.114. The lowest BCUT2D eigenvalue weighted by Crippen LogP contribution is -2.58. The first-order valence-electron chi connectivity index (χ1n) is 17.3. The van der Waals surface area contributed by atoms with Crippen LogP contribution in [0.3, 0.4) is 0 Å². The molecule has 1 saturated heterocycles. The number of esters is 1. The molecule has 1 N–H and O–H groups in total. The van der Waals surface area contributed by atoms with Gasteiger partial charge in [0.1, 0.15) is 41.3 Å². The number of aromatic nitrogens is 2. The molecule has 4 rings (SSSR count). The van der Waals surface area contributed by atoms with E-state index < -0.39 is 53.1 Å². The van der Waals surface area contributed by atoms with Crippen LogP contribution in [0, 0.1) is 17.3 Å². The van der Waals surface area contributed by atoms with Crippen molar-refractivity contribution in [2.24, 2.45) is 17.3 Å². The molecular weight excluding hydrogens is 624 g/mol. The summed E-state index contributed by atoms with van der Waals surface area (Å²) in [4.78, 5) is 52.5. The number of rotatable bonds is 12. The van der Waals surface area contributed by atoms with Crippen molar-refractivity contribution in [2.75, 3.05) is 13.7 Å². The van der Waals surface area contributed by atoms with Gasteiger partial charge in [0.25, 0.3) is 0 Å². The summed E-state index contributed by atoms with van der Waals surface area (Å²) in [7, 11) is 1.57. The molecular formula is C38H54N4O7. The molecule has 2 heterocycles. The maximum Gasteiger partial charge on any atom is 0.408 e. The molecule has 0 spiro atoms. The van der Waals surface area contributed by atoms with Crippen molar-refractivity contribution in [3.8, 4) is 11.6 Å². The molecule has 2 fully saturated rings. The van der Waals surface area contributed by atoms with Gasteiger partial charge in [-0.15, -0.1) is 6.58 Å². The Labute approximate surface area is 290 Å². The molecule has 0 bridgehead atoms. The standard InChI is InChI=1S/C38H54N4O7/c1-11-13-14-16-24-17-15-18-29(24)48-36(45)41-32(37(4,5)6)34(43)42-22-30(23(3)31(42)35(44)49-38(7,8)9)47-33-26(12-2)39-27-20-19-25(46-10)21-28(27)40-33/h11-12,19-21,23-24,29-32H,1-2,13-18,22H2,3-10H3,(H,41,45). The number of fused-ring (bicyclic) bond motifs is 1. The minimum absolute atomic E-state index is 0.0512. The highest BCUT2D eigenvalue weighted by atomic mass is 16.6. The summed E-state index contributed by atoms with van der Waals surface area (Å²) in [6.07, 6.45) is 7.62. The molecule has 1 aliphatic carbocycles. The van der Waals surface area contributed by atoms with Crippen LogP contribution in [0.5, 0.6) is 11.6 Å². The first kappa shape index (κ1) is 37.7. The second-order valence-corrected chi connectivity index (χ2v) is 15.3. The van der Waals surface area contributed by atoms with Crippen LogP contribution in [-0.2, 0) is 19.1 Å². The molecule has 0 radical (unpaired) electrons. The molecule has 2 amide bonds. The van der Waals surface area contributed by atoms with Gasteiger partial charge in [-0.1, -0.05) is 40.3 Å². The Kier molecular flexibility index (Phi) is 12.0. The second kappa shape index (κ2) is 15.6. The molecule has 1 aliphatic heterocycles. The highest BCUT2D eigenvalue weighted by Gasteiger charge is 2.51. The first-order chi connectivity index (χ1) is 23.1. The van der Waals surface area contributed by atoms with Crippen LogP contribution in [0.4, 0.5) is 4.79 Å². The number of hydrogen-bond donors (Lipinski definition) is 1. The van der Waals surface area contributed by atoms with E-state index in [1.54, 1.807) is 52.2 Å². The monoisotopic (exact) mass is 678 g/mol. The van der Waals surface area contributed by atoms with Crippen molar-refractivity contribution in [1.29, 1.82) is 0 Å². The Bertz CT molecular complexity index is 1530. The number of hydrogen-bond acceptors (Lipinski definition) is 9. The lowest BCUT2D eigenvalue weighted by molar-refractivity contribution is -0.165. The zero-order chi connectivity index (χ0) is 36.1. The third kappa shape index (κ3) is 9.30. The summed E-state index contributed by atoms with van der Waals surface area (Å²) in [6, 6.07) is 3.38. The minimum atomic E-state index is -0.992. The number of alkyl carbamates (subject to hydrolysis) is 1. The van der Waals surface area contributed by atoms with Gasteiger partial charge in [-0.25, -0.2) is 19.6 Å². The Morgan fingerprint density at radius 2 is 1.80 bits per heavy atom. The molecule has 1 saturated carbocycles. The summed E-state index contributed by atoms with van der Waals surface area (Å²) >= 11 is 0. The van der Waals surface area contributed by atoms with E-state index in [1.807, 2.05) is 33.8 Å². The van der Waals surface area contributed by atoms with E-state index in [4.69, 9.17) is 23.9 Å². The SMILES string of the molecule is C=CCCCC1CCCC1OC(=O)NC(C(=O)N1CC(Oc2nc3cc(OC)ccc3nc2C=C)C(C)C1C(=O)OC(C)(C)C)C(C)(C)C. The van der Waals surface area contributed by atoms with Crippen molar-refractivity contribution in [3.05, 3.63) is 43.1 Å². The molecule has 6 atom stereocenters. The number of benzene rings is 1. The number of ether oxygens (including phenoxy) is 4. The Morgan fingerprint density at radius 3 is 2.43 bits per heavy atom. The number of allylic oxidation sites excluding steroid dienone is 1. The number of unbranched alkanes of at least 4 members (excludes halogenated alkanes) is 1. The van der Waals surface area contributed by atoms with Gasteiger partial charge >= 0.3 is 12.1 Å². The molecule has 268 valence electrons. The van der Waals surface area contributed by atoms with Crippen LogP contribution in [0.15, 0.2) is 37.4 Å². The fraction of sp³-hybridized carbons (Fsp3) is 0.605. The van der Waals surface area contributed by atoms with E-state index in [2.05, 4.69) is 23.5 Å². The predicted octanol–water partition coefficient (Wildman–Crippen LogP) is 6.88. The number of nitrogens with one attached hydrogen (secondary N) is 1. The predicted molar refractivity (Wildman–Crippen MR) is 189 cm³/mol. The average Bonchev–Trinajstić information content (AvgIpc) is 3.60. The van der Waals surface area contributed by atoms with Crippen LogP contribution in [-0.4, -0.2) is 76.4 Å². The lowest BCUT2D eigenvalue weighted by Gasteiger charge is -2.36. The summed E-state index contributed by atoms with van der Waals surface area (Å²) in [5.74, 6) is -0.361. The van der Waals surface area contributed by atoms with Gasteiger partial charge < -0.3 is 29.2 Å². The van der Waals surface area contributed by atoms with Crippen molar-refractivity contribution in [2.45, 2.75) is 117 Å². The normalized spacial score (nSPS) is 23.1. The van der Waals surface area contributed by atoms with Crippen LogP contribution in [0.1, 0.15) is 92.7 Å². The highest BCUT2D eigenvalue weighted by Crippen LogP contribution is 2.35. The maximum atomic E-state index is 14.5. The van der Waals surface area contributed by atoms with Gasteiger partial charge in [0, 0.05) is 12.0 Å². The van der Waals surface area contributed by atoms with Crippen molar-refractivity contribution >= 4 is 35.1 Å². The molecule has 2 aromatic rings. The Hall–Kier alpha value is -4.15. The summed E-state index contributed by atoms with van der Waals surface area (Å²) in [5, 5.41) is 2.88.